The summed E-state index contributed by atoms with van der Waals surface area (Å²) in [6, 6.07) is 18.5. The molecule has 1 aliphatic carbocycles. The van der Waals surface area contributed by atoms with Gasteiger partial charge in [-0.05, 0) is 54.8 Å². The number of carbonyl (C=O) groups is 1. The van der Waals surface area contributed by atoms with E-state index >= 15 is 0 Å². The fraction of sp³-hybridized carbons (Fsp3) is 0.174. The minimum Gasteiger partial charge on any atom is -0.486 e. The molecule has 2 aromatic carbocycles. The molecular weight excluding hydrogens is 428 g/mol. The third-order valence-corrected chi connectivity index (χ3v) is 6.49. The van der Waals surface area contributed by atoms with Crippen LogP contribution in [0.2, 0.25) is 0 Å². The highest BCUT2D eigenvalue weighted by molar-refractivity contribution is 7.85. The first-order valence-corrected chi connectivity index (χ1v) is 11.1. The third kappa shape index (κ3) is 3.88. The van der Waals surface area contributed by atoms with Crippen molar-refractivity contribution in [2.24, 2.45) is 0 Å². The molecule has 32 heavy (non-hydrogen) atoms. The minimum absolute atomic E-state index is 0.0691. The molecule has 0 radical (unpaired) electrons. The quantitative estimate of drug-likeness (QED) is 0.645. The summed E-state index contributed by atoms with van der Waals surface area (Å²) in [4.78, 5) is 15.6. The molecule has 1 amide bonds. The summed E-state index contributed by atoms with van der Waals surface area (Å²) in [5, 5.41) is 8.91. The summed E-state index contributed by atoms with van der Waals surface area (Å²) < 4.78 is 28.0. The highest BCUT2D eigenvalue weighted by Gasteiger charge is 2.28. The first kappa shape index (κ1) is 20.0. The van der Waals surface area contributed by atoms with Gasteiger partial charge in [-0.25, -0.2) is 9.19 Å². The number of hydrogen-bond donors (Lipinski definition) is 1. The number of anilines is 1. The second-order valence-corrected chi connectivity index (χ2v) is 8.52. The van der Waals surface area contributed by atoms with Crippen molar-refractivity contribution in [3.63, 3.8) is 0 Å². The first-order chi connectivity index (χ1) is 15.6. The lowest BCUT2D eigenvalue weighted by Crippen LogP contribution is -2.22. The van der Waals surface area contributed by atoms with Gasteiger partial charge < -0.3 is 9.47 Å². The van der Waals surface area contributed by atoms with Crippen LogP contribution in [0.15, 0.2) is 60.8 Å². The minimum atomic E-state index is -1.55. The summed E-state index contributed by atoms with van der Waals surface area (Å²) in [5.41, 5.74) is 3.31. The summed E-state index contributed by atoms with van der Waals surface area (Å²) >= 11 is -1.55. The van der Waals surface area contributed by atoms with Crippen LogP contribution in [-0.2, 0) is 22.4 Å². The van der Waals surface area contributed by atoms with Crippen molar-refractivity contribution in [1.29, 1.82) is 5.26 Å². The Bertz CT molecular complexity index is 1240. The van der Waals surface area contributed by atoms with Crippen molar-refractivity contribution in [3.05, 3.63) is 77.5 Å². The van der Waals surface area contributed by atoms with E-state index in [4.69, 9.17) is 14.7 Å². The zero-order valence-electron chi connectivity index (χ0n) is 16.9. The Morgan fingerprint density at radius 2 is 2.00 bits per heavy atom. The predicted octanol–water partition coefficient (Wildman–Crippen LogP) is 3.33. The number of carbonyl (C=O) groups excluding carboxylic acids is 1. The fourth-order valence-electron chi connectivity index (χ4n) is 3.84. The van der Waals surface area contributed by atoms with Gasteiger partial charge in [0, 0.05) is 17.8 Å². The predicted molar refractivity (Wildman–Crippen MR) is 117 cm³/mol. The number of benzene rings is 2. The second-order valence-electron chi connectivity index (χ2n) is 7.37. The van der Waals surface area contributed by atoms with Crippen LogP contribution < -0.4 is 18.5 Å². The molecule has 0 spiro atoms. The zero-order chi connectivity index (χ0) is 22.1. The van der Waals surface area contributed by atoms with Crippen molar-refractivity contribution in [1.82, 2.24) is 9.71 Å². The molecule has 1 N–H and O–H groups in total. The molecule has 1 aliphatic heterocycles. The molecule has 1 saturated heterocycles. The highest BCUT2D eigenvalue weighted by atomic mass is 32.2. The van der Waals surface area contributed by atoms with E-state index in [-0.39, 0.29) is 18.6 Å². The lowest BCUT2D eigenvalue weighted by molar-refractivity contribution is -0.117. The van der Waals surface area contributed by atoms with Crippen LogP contribution in [0.1, 0.15) is 29.2 Å². The second kappa shape index (κ2) is 8.32. The Balaban J connectivity index is 1.30. The number of amides is 1. The molecule has 2 aliphatic rings. The van der Waals surface area contributed by atoms with E-state index in [0.29, 0.717) is 22.9 Å². The van der Waals surface area contributed by atoms with Gasteiger partial charge in [0.25, 0.3) is 5.91 Å². The normalized spacial score (nSPS) is 19.2. The Hall–Kier alpha value is -3.90. The fourth-order valence-corrected chi connectivity index (χ4v) is 4.75. The van der Waals surface area contributed by atoms with Gasteiger partial charge in [0.05, 0.1) is 11.3 Å². The topological polar surface area (TPSA) is 105 Å². The Labute approximate surface area is 187 Å². The maximum Gasteiger partial charge on any atom is 0.253 e. The number of fused-ring (bicyclic) bond motifs is 1. The highest BCUT2D eigenvalue weighted by Crippen LogP contribution is 2.40. The third-order valence-electron chi connectivity index (χ3n) is 5.34. The van der Waals surface area contributed by atoms with E-state index in [2.05, 4.69) is 9.71 Å². The van der Waals surface area contributed by atoms with Crippen molar-refractivity contribution in [3.8, 4) is 23.4 Å². The van der Waals surface area contributed by atoms with Gasteiger partial charge in [-0.3, -0.25) is 13.8 Å². The maximum atomic E-state index is 11.9. The average molecular weight is 446 g/mol. The lowest BCUT2D eigenvalue weighted by Gasteiger charge is -2.17. The van der Waals surface area contributed by atoms with Crippen molar-refractivity contribution >= 4 is 22.8 Å². The van der Waals surface area contributed by atoms with Gasteiger partial charge in [-0.15, -0.1) is 0 Å². The van der Waals surface area contributed by atoms with E-state index in [1.54, 1.807) is 24.3 Å². The van der Waals surface area contributed by atoms with Crippen LogP contribution >= 0.6 is 0 Å². The van der Waals surface area contributed by atoms with Crippen molar-refractivity contribution in [2.75, 3.05) is 10.8 Å². The van der Waals surface area contributed by atoms with Gasteiger partial charge in [0.1, 0.15) is 30.2 Å². The molecule has 1 aromatic heterocycles. The number of rotatable bonds is 5. The number of hydrogen-bond acceptors (Lipinski definition) is 6. The van der Waals surface area contributed by atoms with Crippen molar-refractivity contribution < 1.29 is 18.5 Å². The van der Waals surface area contributed by atoms with E-state index in [1.807, 2.05) is 36.4 Å². The summed E-state index contributed by atoms with van der Waals surface area (Å²) in [7, 11) is 0. The van der Waals surface area contributed by atoms with E-state index in [1.165, 1.54) is 10.5 Å². The van der Waals surface area contributed by atoms with E-state index < -0.39 is 11.2 Å². The van der Waals surface area contributed by atoms with Crippen LogP contribution in [0.25, 0.3) is 0 Å². The van der Waals surface area contributed by atoms with Gasteiger partial charge in [-0.1, -0.05) is 12.1 Å². The standard InChI is InChI=1S/C23H18N4O4S/c24-12-15-4-11-23(25-13-15)31-20-3-1-2-18-19(20)9-10-21(18)30-17-7-5-16(6-8-17)27-14-22(28)26-32(27)29/h1-8,11,13,21H,9-10,14H2,(H,26,28). The number of nitrogens with zero attached hydrogens (tertiary/aromatic N) is 3. The first-order valence-electron chi connectivity index (χ1n) is 10.0. The van der Waals surface area contributed by atoms with Crippen LogP contribution in [0.3, 0.4) is 0 Å². The Morgan fingerprint density at radius 3 is 2.69 bits per heavy atom. The summed E-state index contributed by atoms with van der Waals surface area (Å²) in [5.74, 6) is 1.59. The van der Waals surface area contributed by atoms with Crippen LogP contribution in [-0.4, -0.2) is 21.6 Å². The Morgan fingerprint density at radius 1 is 1.16 bits per heavy atom. The number of ether oxygens (including phenoxy) is 2. The van der Waals surface area contributed by atoms with Gasteiger partial charge in [0.15, 0.2) is 0 Å². The van der Waals surface area contributed by atoms with E-state index in [9.17, 15) is 9.00 Å². The molecule has 2 heterocycles. The molecular formula is C23H18N4O4S. The smallest absolute Gasteiger partial charge is 0.253 e. The maximum absolute atomic E-state index is 11.9. The van der Waals surface area contributed by atoms with Crippen LogP contribution in [0, 0.1) is 11.3 Å². The molecule has 5 rings (SSSR count). The molecule has 3 aromatic rings. The summed E-state index contributed by atoms with van der Waals surface area (Å²) in [6.45, 7) is 0.0691. The monoisotopic (exact) mass is 446 g/mol. The lowest BCUT2D eigenvalue weighted by atomic mass is 10.1. The SMILES string of the molecule is N#Cc1ccc(Oc2cccc3c2CCC3Oc2ccc(N3CC(=O)NS3=O)cc2)nc1. The molecule has 160 valence electrons. The molecule has 9 heteroatoms. The van der Waals surface area contributed by atoms with Gasteiger partial charge in [-0.2, -0.15) is 5.26 Å². The molecule has 1 fully saturated rings. The largest absolute Gasteiger partial charge is 0.486 e. The van der Waals surface area contributed by atoms with Gasteiger partial charge >= 0.3 is 0 Å². The molecule has 0 saturated carbocycles. The molecule has 2 unspecified atom stereocenters. The molecule has 2 atom stereocenters. The van der Waals surface area contributed by atoms with Crippen LogP contribution in [0.5, 0.6) is 17.4 Å². The number of nitrogens with one attached hydrogen (secondary N) is 1. The van der Waals surface area contributed by atoms with E-state index in [0.717, 1.165) is 29.7 Å². The Kier molecular flexibility index (Phi) is 5.21. The van der Waals surface area contributed by atoms with Gasteiger partial charge in [0.2, 0.25) is 17.1 Å². The van der Waals surface area contributed by atoms with Crippen LogP contribution in [0.4, 0.5) is 5.69 Å². The average Bonchev–Trinajstić information content (AvgIpc) is 3.38. The van der Waals surface area contributed by atoms with Crippen molar-refractivity contribution in [2.45, 2.75) is 18.9 Å². The molecule has 0 bridgehead atoms. The summed E-state index contributed by atoms with van der Waals surface area (Å²) in [6.07, 6.45) is 2.99. The zero-order valence-corrected chi connectivity index (χ0v) is 17.7. The number of aromatic nitrogens is 1. The molecule has 8 nitrogen and oxygen atoms in total. The number of nitriles is 1. The number of pyridine rings is 1.